The zero-order valence-corrected chi connectivity index (χ0v) is 17.7. The van der Waals surface area contributed by atoms with Crippen LogP contribution in [-0.2, 0) is 23.8 Å². The van der Waals surface area contributed by atoms with E-state index in [2.05, 4.69) is 0 Å². The summed E-state index contributed by atoms with van der Waals surface area (Å²) in [4.78, 5) is 20.4. The van der Waals surface area contributed by atoms with E-state index in [0.717, 1.165) is 51.4 Å². The maximum atomic E-state index is 10.2. The van der Waals surface area contributed by atoms with E-state index in [-0.39, 0.29) is 32.7 Å². The van der Waals surface area contributed by atoms with E-state index in [1.807, 2.05) is 6.92 Å². The Bertz CT molecular complexity index is 342. The number of unbranched alkanes of at least 4 members (excludes halogenated alkanes) is 7. The lowest BCUT2D eigenvalue weighted by Gasteiger charge is -2.11. The molecule has 1 unspecified atom stereocenters. The molecule has 0 aromatic carbocycles. The van der Waals surface area contributed by atoms with Gasteiger partial charge in [0.2, 0.25) is 0 Å². The number of aliphatic hydroxyl groups is 2. The van der Waals surface area contributed by atoms with E-state index in [0.29, 0.717) is 19.8 Å². The molecule has 0 saturated heterocycles. The summed E-state index contributed by atoms with van der Waals surface area (Å²) in [6, 6.07) is 0. The Kier molecular flexibility index (Phi) is 25.6. The molecule has 29 heavy (non-hydrogen) atoms. The van der Waals surface area contributed by atoms with Gasteiger partial charge in [-0.1, -0.05) is 38.5 Å². The van der Waals surface area contributed by atoms with E-state index in [1.54, 1.807) is 0 Å². The van der Waals surface area contributed by atoms with Crippen molar-refractivity contribution in [2.75, 3.05) is 39.6 Å². The van der Waals surface area contributed by atoms with Crippen LogP contribution in [0.15, 0.2) is 0 Å². The maximum absolute atomic E-state index is 10.2. The molecule has 0 heterocycles. The van der Waals surface area contributed by atoms with Gasteiger partial charge < -0.3 is 34.6 Å². The summed E-state index contributed by atoms with van der Waals surface area (Å²) < 4.78 is 14.7. The van der Waals surface area contributed by atoms with Crippen molar-refractivity contribution in [3.05, 3.63) is 0 Å². The standard InChI is InChI=1S/C12H22O4.C8H18O5/c13-11(14)9-7-5-3-1-2-4-6-8-10-12(15)16;1-2-11-5-6-13-8(10)7-12-4-3-9/h1-10H2,(H,13,14)(H,15,16);8-10H,2-7H2,1H3. The third-order valence-electron chi connectivity index (χ3n) is 3.77. The number of hydrogen-bond acceptors (Lipinski definition) is 7. The Morgan fingerprint density at radius 1 is 0.759 bits per heavy atom. The predicted molar refractivity (Wildman–Crippen MR) is 108 cm³/mol. The van der Waals surface area contributed by atoms with Crippen LogP contribution in [0, 0.1) is 0 Å². The Hall–Kier alpha value is -1.26. The topological polar surface area (TPSA) is 143 Å². The molecule has 0 rings (SSSR count). The second kappa shape index (κ2) is 24.8. The first-order valence-corrected chi connectivity index (χ1v) is 10.4. The van der Waals surface area contributed by atoms with E-state index in [1.165, 1.54) is 0 Å². The van der Waals surface area contributed by atoms with Crippen LogP contribution in [0.25, 0.3) is 0 Å². The lowest BCUT2D eigenvalue weighted by atomic mass is 10.1. The first kappa shape index (κ1) is 29.9. The van der Waals surface area contributed by atoms with Crippen LogP contribution >= 0.6 is 0 Å². The van der Waals surface area contributed by atoms with E-state index < -0.39 is 18.2 Å². The number of aliphatic carboxylic acids is 2. The van der Waals surface area contributed by atoms with Gasteiger partial charge in [0.25, 0.3) is 0 Å². The molecule has 0 aliphatic heterocycles. The van der Waals surface area contributed by atoms with Crippen molar-refractivity contribution in [3.63, 3.8) is 0 Å². The summed E-state index contributed by atoms with van der Waals surface area (Å²) in [5.74, 6) is -1.43. The number of aliphatic hydroxyl groups excluding tert-OH is 2. The molecule has 4 N–H and O–H groups in total. The molecule has 9 nitrogen and oxygen atoms in total. The fourth-order valence-corrected chi connectivity index (χ4v) is 2.30. The van der Waals surface area contributed by atoms with Gasteiger partial charge in [-0.2, -0.15) is 0 Å². The van der Waals surface area contributed by atoms with Crippen molar-refractivity contribution in [3.8, 4) is 0 Å². The van der Waals surface area contributed by atoms with Gasteiger partial charge in [-0.05, 0) is 19.8 Å². The molecular weight excluding hydrogens is 384 g/mol. The smallest absolute Gasteiger partial charge is 0.303 e. The van der Waals surface area contributed by atoms with Crippen molar-refractivity contribution in [2.24, 2.45) is 0 Å². The minimum absolute atomic E-state index is 0.0499. The molecule has 0 radical (unpaired) electrons. The van der Waals surface area contributed by atoms with E-state index in [9.17, 15) is 9.59 Å². The first-order valence-electron chi connectivity index (χ1n) is 10.4. The van der Waals surface area contributed by atoms with Crippen molar-refractivity contribution < 1.29 is 44.2 Å². The average molecular weight is 425 g/mol. The van der Waals surface area contributed by atoms with Crippen molar-refractivity contribution >= 4 is 11.9 Å². The van der Waals surface area contributed by atoms with E-state index >= 15 is 0 Å². The summed E-state index contributed by atoms with van der Waals surface area (Å²) >= 11 is 0. The van der Waals surface area contributed by atoms with Crippen molar-refractivity contribution in [1.29, 1.82) is 0 Å². The van der Waals surface area contributed by atoms with Gasteiger partial charge in [0.15, 0.2) is 6.29 Å². The average Bonchev–Trinajstić information content (AvgIpc) is 2.67. The molecular formula is C20H40O9. The van der Waals surface area contributed by atoms with E-state index in [4.69, 9.17) is 34.6 Å². The zero-order valence-electron chi connectivity index (χ0n) is 17.7. The molecule has 0 bridgehead atoms. The van der Waals surface area contributed by atoms with Crippen LogP contribution in [0.3, 0.4) is 0 Å². The molecule has 0 aliphatic carbocycles. The molecule has 0 aromatic heterocycles. The highest BCUT2D eigenvalue weighted by Crippen LogP contribution is 2.10. The first-order chi connectivity index (χ1) is 13.9. The highest BCUT2D eigenvalue weighted by molar-refractivity contribution is 5.66. The zero-order chi connectivity index (χ0) is 22.2. The second-order valence-corrected chi connectivity index (χ2v) is 6.44. The number of hydrogen-bond donors (Lipinski definition) is 4. The Balaban J connectivity index is 0. The quantitative estimate of drug-likeness (QED) is 0.171. The summed E-state index contributed by atoms with van der Waals surface area (Å²) in [5, 5.41) is 34.3. The van der Waals surface area contributed by atoms with Crippen LogP contribution in [0.2, 0.25) is 0 Å². The number of ether oxygens (including phenoxy) is 3. The number of rotatable bonds is 20. The maximum Gasteiger partial charge on any atom is 0.303 e. The minimum Gasteiger partial charge on any atom is -0.481 e. The molecule has 0 saturated carbocycles. The third-order valence-corrected chi connectivity index (χ3v) is 3.77. The number of carboxylic acids is 2. The molecule has 0 aliphatic rings. The van der Waals surface area contributed by atoms with Gasteiger partial charge in [0.1, 0.15) is 0 Å². The highest BCUT2D eigenvalue weighted by atomic mass is 16.6. The van der Waals surface area contributed by atoms with Crippen LogP contribution < -0.4 is 0 Å². The number of carbonyl (C=O) groups is 2. The molecule has 1 atom stereocenters. The van der Waals surface area contributed by atoms with Gasteiger partial charge in [0.05, 0.1) is 33.0 Å². The monoisotopic (exact) mass is 424 g/mol. The van der Waals surface area contributed by atoms with Crippen LogP contribution in [0.1, 0.15) is 71.1 Å². The fraction of sp³-hybridized carbons (Fsp3) is 0.900. The van der Waals surface area contributed by atoms with Gasteiger partial charge in [0, 0.05) is 19.4 Å². The SMILES string of the molecule is CCOCCOC(O)COCCO.O=C(O)CCCCCCCCCCC(=O)O. The van der Waals surface area contributed by atoms with Crippen molar-refractivity contribution in [2.45, 2.75) is 77.4 Å². The lowest BCUT2D eigenvalue weighted by molar-refractivity contribution is -0.147. The largest absolute Gasteiger partial charge is 0.481 e. The predicted octanol–water partition coefficient (Wildman–Crippen LogP) is 2.42. The Labute approximate surface area is 174 Å². The molecule has 0 amide bonds. The van der Waals surface area contributed by atoms with Gasteiger partial charge in [-0.15, -0.1) is 0 Å². The summed E-state index contributed by atoms with van der Waals surface area (Å²) in [6.07, 6.45) is 7.58. The third kappa shape index (κ3) is 31.7. The van der Waals surface area contributed by atoms with Gasteiger partial charge >= 0.3 is 11.9 Å². The normalized spacial score (nSPS) is 11.6. The minimum atomic E-state index is -0.938. The summed E-state index contributed by atoms with van der Waals surface area (Å²) in [7, 11) is 0. The van der Waals surface area contributed by atoms with Crippen LogP contribution in [-0.4, -0.2) is 78.3 Å². The van der Waals surface area contributed by atoms with Crippen LogP contribution in [0.5, 0.6) is 0 Å². The Morgan fingerprint density at radius 2 is 1.24 bits per heavy atom. The molecule has 0 fully saturated rings. The Morgan fingerprint density at radius 3 is 1.66 bits per heavy atom. The van der Waals surface area contributed by atoms with Crippen LogP contribution in [0.4, 0.5) is 0 Å². The van der Waals surface area contributed by atoms with Gasteiger partial charge in [-0.3, -0.25) is 9.59 Å². The number of carboxylic acid groups (broad SMARTS) is 2. The summed E-state index contributed by atoms with van der Waals surface area (Å²) in [5.41, 5.74) is 0. The summed E-state index contributed by atoms with van der Waals surface area (Å²) in [6.45, 7) is 3.58. The second-order valence-electron chi connectivity index (χ2n) is 6.44. The molecule has 9 heteroatoms. The lowest BCUT2D eigenvalue weighted by Crippen LogP contribution is -2.22. The molecule has 0 aromatic rings. The molecule has 174 valence electrons. The van der Waals surface area contributed by atoms with Crippen molar-refractivity contribution in [1.82, 2.24) is 0 Å². The fourth-order valence-electron chi connectivity index (χ4n) is 2.30. The highest BCUT2D eigenvalue weighted by Gasteiger charge is 2.03. The van der Waals surface area contributed by atoms with Gasteiger partial charge in [-0.25, -0.2) is 0 Å². The molecule has 0 spiro atoms.